The van der Waals surface area contributed by atoms with Gasteiger partial charge in [-0.25, -0.2) is 9.37 Å². The molecule has 0 saturated heterocycles. The minimum absolute atomic E-state index is 0.0858. The van der Waals surface area contributed by atoms with Gasteiger partial charge in [0, 0.05) is 31.4 Å². The van der Waals surface area contributed by atoms with E-state index < -0.39 is 0 Å². The zero-order valence-electron chi connectivity index (χ0n) is 25.7. The molecule has 0 aliphatic rings. The summed E-state index contributed by atoms with van der Waals surface area (Å²) >= 11 is 5.83. The number of fused-ring (bicyclic) bond motifs is 1. The molecule has 0 amide bonds. The summed E-state index contributed by atoms with van der Waals surface area (Å²) in [4.78, 5) is 25.8. The van der Waals surface area contributed by atoms with Gasteiger partial charge in [-0.15, -0.1) is 11.6 Å². The second-order valence-corrected chi connectivity index (χ2v) is 11.0. The Morgan fingerprint density at radius 1 is 0.889 bits per heavy atom. The molecule has 0 aliphatic heterocycles. The van der Waals surface area contributed by atoms with E-state index in [0.717, 1.165) is 35.5 Å². The molecule has 45 heavy (non-hydrogen) atoms. The SMILES string of the molecule is CCCCNc1nc(N(Cc2ccc(OC)cc2)Cc2ccc(OC)cc2)nc2ccn(Cc3ccc(CCl)c(F)c3)c(=O)c12. The lowest BCUT2D eigenvalue weighted by Gasteiger charge is -2.24. The molecule has 5 aromatic rings. The first-order valence-electron chi connectivity index (χ1n) is 14.9. The number of methoxy groups -OCH3 is 2. The topological polar surface area (TPSA) is 81.5 Å². The Morgan fingerprint density at radius 3 is 2.07 bits per heavy atom. The molecule has 0 atom stereocenters. The van der Waals surface area contributed by atoms with Gasteiger partial charge in [0.15, 0.2) is 0 Å². The highest BCUT2D eigenvalue weighted by Gasteiger charge is 2.19. The molecule has 0 fully saturated rings. The number of pyridine rings is 1. The molecule has 8 nitrogen and oxygen atoms in total. The first-order valence-corrected chi connectivity index (χ1v) is 15.4. The number of benzene rings is 3. The Morgan fingerprint density at radius 2 is 1.51 bits per heavy atom. The van der Waals surface area contributed by atoms with Crippen molar-refractivity contribution >= 4 is 34.3 Å². The molecule has 3 aromatic carbocycles. The number of ether oxygens (including phenoxy) is 2. The fourth-order valence-electron chi connectivity index (χ4n) is 5.04. The number of hydrogen-bond acceptors (Lipinski definition) is 7. The van der Waals surface area contributed by atoms with E-state index in [2.05, 4.69) is 17.1 Å². The van der Waals surface area contributed by atoms with Crippen LogP contribution in [0.4, 0.5) is 16.2 Å². The second-order valence-electron chi connectivity index (χ2n) is 10.8. The molecule has 0 spiro atoms. The predicted octanol–water partition coefficient (Wildman–Crippen LogP) is 7.15. The number of nitrogens with one attached hydrogen (secondary N) is 1. The van der Waals surface area contributed by atoms with E-state index in [0.29, 0.717) is 53.4 Å². The van der Waals surface area contributed by atoms with Crippen LogP contribution in [0.1, 0.15) is 42.0 Å². The number of aromatic nitrogens is 3. The van der Waals surface area contributed by atoms with Gasteiger partial charge in [-0.05, 0) is 59.5 Å². The summed E-state index contributed by atoms with van der Waals surface area (Å²) in [7, 11) is 3.29. The molecule has 0 radical (unpaired) electrons. The van der Waals surface area contributed by atoms with Crippen LogP contribution in [-0.2, 0) is 25.5 Å². The standard InChI is InChI=1S/C35H37ClFN5O3/c1-4-5-17-38-33-32-31(16-18-41(34(32)43)23-26-6-11-27(20-36)30(37)19-26)39-35(40-33)42(21-24-7-12-28(44-2)13-8-24)22-25-9-14-29(45-3)15-10-25/h6-16,18-19H,4-5,17,20-23H2,1-3H3,(H,38,39,40). The van der Waals surface area contributed by atoms with Crippen LogP contribution in [0, 0.1) is 5.82 Å². The van der Waals surface area contributed by atoms with Crippen molar-refractivity contribution in [3.63, 3.8) is 0 Å². The van der Waals surface area contributed by atoms with Gasteiger partial charge in [0.05, 0.1) is 32.2 Å². The normalized spacial score (nSPS) is 11.0. The lowest BCUT2D eigenvalue weighted by atomic mass is 10.1. The van der Waals surface area contributed by atoms with E-state index >= 15 is 0 Å². The summed E-state index contributed by atoms with van der Waals surface area (Å²) < 4.78 is 26.7. The number of halogens is 2. The number of unbranched alkanes of at least 4 members (excludes halogenated alkanes) is 1. The van der Waals surface area contributed by atoms with Crippen LogP contribution in [-0.4, -0.2) is 35.3 Å². The van der Waals surface area contributed by atoms with E-state index in [-0.39, 0.29) is 23.8 Å². The van der Waals surface area contributed by atoms with Crippen molar-refractivity contribution in [3.8, 4) is 11.5 Å². The highest BCUT2D eigenvalue weighted by atomic mass is 35.5. The molecule has 10 heteroatoms. The van der Waals surface area contributed by atoms with E-state index in [1.54, 1.807) is 37.1 Å². The Labute approximate surface area is 267 Å². The highest BCUT2D eigenvalue weighted by Crippen LogP contribution is 2.25. The molecular weight excluding hydrogens is 593 g/mol. The van der Waals surface area contributed by atoms with Gasteiger partial charge < -0.3 is 24.3 Å². The molecule has 2 aromatic heterocycles. The van der Waals surface area contributed by atoms with Gasteiger partial charge in [-0.2, -0.15) is 4.98 Å². The van der Waals surface area contributed by atoms with Crippen LogP contribution in [0.5, 0.6) is 11.5 Å². The quantitative estimate of drug-likeness (QED) is 0.103. The van der Waals surface area contributed by atoms with Gasteiger partial charge in [0.2, 0.25) is 5.95 Å². The van der Waals surface area contributed by atoms with Crippen LogP contribution in [0.2, 0.25) is 0 Å². The molecule has 2 heterocycles. The van der Waals surface area contributed by atoms with Crippen LogP contribution in [0.15, 0.2) is 83.8 Å². The molecule has 0 unspecified atom stereocenters. The number of hydrogen-bond donors (Lipinski definition) is 1. The molecule has 0 bridgehead atoms. The maximum atomic E-state index is 14.4. The Bertz CT molecular complexity index is 1750. The average molecular weight is 630 g/mol. The van der Waals surface area contributed by atoms with Crippen molar-refractivity contribution in [2.24, 2.45) is 0 Å². The maximum Gasteiger partial charge on any atom is 0.264 e. The van der Waals surface area contributed by atoms with Gasteiger partial charge in [0.1, 0.15) is 28.5 Å². The Balaban J connectivity index is 1.56. The van der Waals surface area contributed by atoms with Gasteiger partial charge >= 0.3 is 0 Å². The van der Waals surface area contributed by atoms with Gasteiger partial charge in [0.25, 0.3) is 5.56 Å². The van der Waals surface area contributed by atoms with Crippen molar-refractivity contribution in [1.82, 2.24) is 14.5 Å². The Hall–Kier alpha value is -4.63. The van der Waals surface area contributed by atoms with E-state index in [4.69, 9.17) is 31.0 Å². The summed E-state index contributed by atoms with van der Waals surface area (Å²) in [5.41, 5.74) is 3.46. The van der Waals surface area contributed by atoms with Crippen molar-refractivity contribution in [3.05, 3.63) is 117 Å². The van der Waals surface area contributed by atoms with Crippen molar-refractivity contribution in [1.29, 1.82) is 0 Å². The molecule has 0 saturated carbocycles. The summed E-state index contributed by atoms with van der Waals surface area (Å²) in [6.45, 7) is 4.01. The third kappa shape index (κ3) is 7.72. The van der Waals surface area contributed by atoms with E-state index in [1.807, 2.05) is 54.6 Å². The first kappa shape index (κ1) is 31.8. The van der Waals surface area contributed by atoms with Crippen molar-refractivity contribution in [2.45, 2.75) is 45.3 Å². The lowest BCUT2D eigenvalue weighted by molar-refractivity contribution is 0.414. The monoisotopic (exact) mass is 629 g/mol. The van der Waals surface area contributed by atoms with Crippen molar-refractivity contribution in [2.75, 3.05) is 31.0 Å². The molecule has 0 aliphatic carbocycles. The number of rotatable bonds is 14. The number of anilines is 2. The lowest BCUT2D eigenvalue weighted by Crippen LogP contribution is -2.27. The van der Waals surface area contributed by atoms with Crippen molar-refractivity contribution < 1.29 is 13.9 Å². The average Bonchev–Trinajstić information content (AvgIpc) is 3.06. The number of nitrogens with zero attached hydrogens (tertiary/aromatic N) is 4. The van der Waals surface area contributed by atoms with Crippen LogP contribution in [0.25, 0.3) is 10.9 Å². The minimum atomic E-state index is -0.389. The Kier molecular flexibility index (Phi) is 10.5. The first-order chi connectivity index (χ1) is 21.9. The minimum Gasteiger partial charge on any atom is -0.497 e. The zero-order valence-corrected chi connectivity index (χ0v) is 26.5. The summed E-state index contributed by atoms with van der Waals surface area (Å²) in [5.74, 6) is 2.21. The number of alkyl halides is 1. The third-order valence-electron chi connectivity index (χ3n) is 7.60. The molecule has 5 rings (SSSR count). The summed E-state index contributed by atoms with van der Waals surface area (Å²) in [5, 5.41) is 3.79. The van der Waals surface area contributed by atoms with Crippen LogP contribution >= 0.6 is 11.6 Å². The molecule has 234 valence electrons. The van der Waals surface area contributed by atoms with Crippen LogP contribution < -0.4 is 25.2 Å². The van der Waals surface area contributed by atoms with E-state index in [9.17, 15) is 9.18 Å². The summed E-state index contributed by atoms with van der Waals surface area (Å²) in [6.07, 6.45) is 3.59. The predicted molar refractivity (Wildman–Crippen MR) is 178 cm³/mol. The second kappa shape index (κ2) is 14.9. The van der Waals surface area contributed by atoms with E-state index in [1.165, 1.54) is 6.07 Å². The fraction of sp³-hybridized carbons (Fsp3) is 0.286. The van der Waals surface area contributed by atoms with Crippen LogP contribution in [0.3, 0.4) is 0 Å². The fourth-order valence-corrected chi connectivity index (χ4v) is 5.26. The van der Waals surface area contributed by atoms with Gasteiger partial charge in [-0.1, -0.05) is 49.7 Å². The van der Waals surface area contributed by atoms with Gasteiger partial charge in [-0.3, -0.25) is 4.79 Å². The third-order valence-corrected chi connectivity index (χ3v) is 7.89. The summed E-state index contributed by atoms with van der Waals surface area (Å²) in [6, 6.07) is 22.4. The molecular formula is C35H37ClFN5O3. The zero-order chi connectivity index (χ0) is 31.8. The maximum absolute atomic E-state index is 14.4. The largest absolute Gasteiger partial charge is 0.497 e. The molecule has 1 N–H and O–H groups in total. The highest BCUT2D eigenvalue weighted by molar-refractivity contribution is 6.17. The smallest absolute Gasteiger partial charge is 0.264 e.